The zero-order valence-corrected chi connectivity index (χ0v) is 8.17. The van der Waals surface area contributed by atoms with Crippen molar-refractivity contribution < 1.29 is 14.3 Å². The minimum atomic E-state index is -1.62. The van der Waals surface area contributed by atoms with E-state index in [-0.39, 0.29) is 12.7 Å². The van der Waals surface area contributed by atoms with Gasteiger partial charge in [-0.15, -0.1) is 0 Å². The highest BCUT2D eigenvalue weighted by atomic mass is 35.6. The fraction of sp³-hybridized carbons (Fsp3) is 0.750. The fourth-order valence-corrected chi connectivity index (χ4v) is 0.480. The minimum Gasteiger partial charge on any atom is -0.430 e. The second-order valence-corrected chi connectivity index (χ2v) is 4.14. The van der Waals surface area contributed by atoms with Crippen LogP contribution in [0.4, 0.5) is 4.79 Å². The third-order valence-electron chi connectivity index (χ3n) is 0.526. The number of ether oxygens (including phenoxy) is 2. The van der Waals surface area contributed by atoms with E-state index in [1.54, 1.807) is 0 Å². The lowest BCUT2D eigenvalue weighted by Crippen LogP contribution is -2.17. The maximum absolute atomic E-state index is 10.4. The maximum atomic E-state index is 10.4. The van der Waals surface area contributed by atoms with Gasteiger partial charge in [-0.2, -0.15) is 0 Å². The Bertz CT molecular complexity index is 132. The summed E-state index contributed by atoms with van der Waals surface area (Å²) in [7, 11) is 0. The summed E-state index contributed by atoms with van der Waals surface area (Å²) in [5, 5.41) is 0. The van der Waals surface area contributed by atoms with Crippen molar-refractivity contribution in [1.29, 1.82) is 0 Å². The topological polar surface area (TPSA) is 35.5 Å². The van der Waals surface area contributed by atoms with Gasteiger partial charge in [0.1, 0.15) is 6.61 Å². The van der Waals surface area contributed by atoms with Crippen LogP contribution in [0.3, 0.4) is 0 Å². The van der Waals surface area contributed by atoms with Crippen molar-refractivity contribution in [2.24, 2.45) is 0 Å². The molecule has 0 aromatic carbocycles. The van der Waals surface area contributed by atoms with Crippen LogP contribution < -0.4 is 0 Å². The summed E-state index contributed by atoms with van der Waals surface area (Å²) >= 11 is 20.8. The van der Waals surface area contributed by atoms with Gasteiger partial charge in [0.15, 0.2) is 6.07 Å². The highest BCUT2D eigenvalue weighted by molar-refractivity contribution is 6.67. The first-order valence-corrected chi connectivity index (χ1v) is 4.05. The second-order valence-electron chi connectivity index (χ2n) is 1.41. The SMILES string of the molecule is O=C(OCCl)OCC(Cl)(Cl)Cl. The predicted molar refractivity (Wildman–Crippen MR) is 43.4 cm³/mol. The average Bonchev–Trinajstić information content (AvgIpc) is 1.83. The van der Waals surface area contributed by atoms with E-state index >= 15 is 0 Å². The molecule has 0 aromatic rings. The molecule has 0 bridgehead atoms. The quantitative estimate of drug-likeness (QED) is 0.551. The van der Waals surface area contributed by atoms with E-state index in [1.807, 2.05) is 0 Å². The van der Waals surface area contributed by atoms with Crippen LogP contribution >= 0.6 is 46.4 Å². The van der Waals surface area contributed by atoms with E-state index in [0.717, 1.165) is 0 Å². The lowest BCUT2D eigenvalue weighted by atomic mass is 10.8. The zero-order valence-electron chi connectivity index (χ0n) is 5.15. The fourth-order valence-electron chi connectivity index (χ4n) is 0.227. The Morgan fingerprint density at radius 1 is 1.27 bits per heavy atom. The van der Waals surface area contributed by atoms with Crippen molar-refractivity contribution in [2.45, 2.75) is 3.79 Å². The number of halogens is 4. The van der Waals surface area contributed by atoms with Gasteiger partial charge in [0.2, 0.25) is 3.79 Å². The molecule has 11 heavy (non-hydrogen) atoms. The van der Waals surface area contributed by atoms with Crippen LogP contribution in [0.5, 0.6) is 0 Å². The van der Waals surface area contributed by atoms with Crippen molar-refractivity contribution in [1.82, 2.24) is 0 Å². The van der Waals surface area contributed by atoms with Crippen LogP contribution in [-0.4, -0.2) is 22.6 Å². The Balaban J connectivity index is 3.46. The molecule has 0 spiro atoms. The molecule has 66 valence electrons. The molecule has 0 aliphatic carbocycles. The molecule has 0 heterocycles. The van der Waals surface area contributed by atoms with Crippen LogP contribution in [0, 0.1) is 0 Å². The molecule has 0 atom stereocenters. The molecule has 0 saturated carbocycles. The third kappa shape index (κ3) is 8.34. The first-order valence-electron chi connectivity index (χ1n) is 2.38. The normalized spacial score (nSPS) is 10.9. The van der Waals surface area contributed by atoms with E-state index in [0.29, 0.717) is 0 Å². The Morgan fingerprint density at radius 3 is 2.18 bits per heavy atom. The number of alkyl halides is 4. The van der Waals surface area contributed by atoms with Gasteiger partial charge in [0, 0.05) is 0 Å². The molecule has 0 amide bonds. The van der Waals surface area contributed by atoms with Crippen molar-refractivity contribution in [2.75, 3.05) is 12.7 Å². The van der Waals surface area contributed by atoms with Gasteiger partial charge in [-0.3, -0.25) is 0 Å². The number of carbonyl (C=O) groups excluding carboxylic acids is 1. The van der Waals surface area contributed by atoms with E-state index < -0.39 is 9.95 Å². The monoisotopic (exact) mass is 240 g/mol. The molecule has 0 aliphatic rings. The van der Waals surface area contributed by atoms with Gasteiger partial charge in [0.05, 0.1) is 0 Å². The number of carbonyl (C=O) groups is 1. The Hall–Kier alpha value is 0.430. The molecule has 3 nitrogen and oxygen atoms in total. The lowest BCUT2D eigenvalue weighted by Gasteiger charge is -2.09. The molecule has 0 radical (unpaired) electrons. The standard InChI is InChI=1S/C4H4Cl4O3/c5-2-11-3(9)10-1-4(6,7)8/h1-2H2. The number of hydrogen-bond donors (Lipinski definition) is 0. The van der Waals surface area contributed by atoms with Crippen molar-refractivity contribution >= 4 is 52.6 Å². The van der Waals surface area contributed by atoms with E-state index in [1.165, 1.54) is 0 Å². The van der Waals surface area contributed by atoms with Crippen molar-refractivity contribution in [3.8, 4) is 0 Å². The maximum Gasteiger partial charge on any atom is 0.509 e. The molecule has 0 aliphatic heterocycles. The Labute approximate surface area is 83.4 Å². The summed E-state index contributed by atoms with van der Waals surface area (Å²) in [6, 6.07) is -0.293. The summed E-state index contributed by atoms with van der Waals surface area (Å²) in [5.74, 6) is 0. The van der Waals surface area contributed by atoms with Crippen molar-refractivity contribution in [3.63, 3.8) is 0 Å². The van der Waals surface area contributed by atoms with Crippen LogP contribution in [0.1, 0.15) is 0 Å². The molecule has 0 unspecified atom stereocenters. The minimum absolute atomic E-state index is 0.293. The smallest absolute Gasteiger partial charge is 0.430 e. The molecule has 0 rings (SSSR count). The van der Waals surface area contributed by atoms with Gasteiger partial charge < -0.3 is 9.47 Å². The van der Waals surface area contributed by atoms with Gasteiger partial charge in [0.25, 0.3) is 0 Å². The van der Waals surface area contributed by atoms with Gasteiger partial charge in [-0.05, 0) is 0 Å². The van der Waals surface area contributed by atoms with Crippen LogP contribution in [0.2, 0.25) is 0 Å². The van der Waals surface area contributed by atoms with E-state index in [9.17, 15) is 4.79 Å². The number of hydrogen-bond acceptors (Lipinski definition) is 3. The molecule has 0 fully saturated rings. The Kier molecular flexibility index (Phi) is 5.34. The average molecular weight is 242 g/mol. The molecule has 0 N–H and O–H groups in total. The van der Waals surface area contributed by atoms with E-state index in [4.69, 9.17) is 46.4 Å². The summed E-state index contributed by atoms with van der Waals surface area (Å²) in [4.78, 5) is 10.4. The molecular weight excluding hydrogens is 238 g/mol. The summed E-state index contributed by atoms with van der Waals surface area (Å²) < 4.78 is 6.85. The zero-order chi connectivity index (χ0) is 8.91. The summed E-state index contributed by atoms with van der Waals surface area (Å²) in [6.07, 6.45) is -0.966. The molecule has 7 heteroatoms. The molecule has 0 aromatic heterocycles. The van der Waals surface area contributed by atoms with Crippen LogP contribution in [0.15, 0.2) is 0 Å². The van der Waals surface area contributed by atoms with Gasteiger partial charge in [-0.1, -0.05) is 46.4 Å². The summed E-state index contributed by atoms with van der Waals surface area (Å²) in [6.45, 7) is -0.368. The molecular formula is C4H4Cl4O3. The van der Waals surface area contributed by atoms with Crippen molar-refractivity contribution in [3.05, 3.63) is 0 Å². The van der Waals surface area contributed by atoms with Crippen LogP contribution in [-0.2, 0) is 9.47 Å². The predicted octanol–water partition coefficient (Wildman–Crippen LogP) is 2.71. The largest absolute Gasteiger partial charge is 0.509 e. The first kappa shape index (κ1) is 11.4. The molecule has 0 saturated heterocycles. The third-order valence-corrected chi connectivity index (χ3v) is 0.963. The van der Waals surface area contributed by atoms with Gasteiger partial charge in [-0.25, -0.2) is 4.79 Å². The second kappa shape index (κ2) is 5.14. The number of rotatable bonds is 2. The van der Waals surface area contributed by atoms with E-state index in [2.05, 4.69) is 9.47 Å². The van der Waals surface area contributed by atoms with Crippen LogP contribution in [0.25, 0.3) is 0 Å². The highest BCUT2D eigenvalue weighted by Crippen LogP contribution is 2.25. The van der Waals surface area contributed by atoms with Gasteiger partial charge >= 0.3 is 6.16 Å². The summed E-state index contributed by atoms with van der Waals surface area (Å²) in [5.41, 5.74) is 0. The lowest BCUT2D eigenvalue weighted by molar-refractivity contribution is 0.0692. The highest BCUT2D eigenvalue weighted by Gasteiger charge is 2.22. The Morgan fingerprint density at radius 2 is 1.82 bits per heavy atom. The first-order chi connectivity index (χ1) is 4.95.